The first-order chi connectivity index (χ1) is 9.48. The number of rotatable bonds is 5. The summed E-state index contributed by atoms with van der Waals surface area (Å²) in [5, 5.41) is -0.413. The van der Waals surface area contributed by atoms with Gasteiger partial charge in [0.2, 0.25) is 0 Å². The number of alkyl halides is 6. The van der Waals surface area contributed by atoms with Gasteiger partial charge in [0.1, 0.15) is 19.0 Å². The van der Waals surface area contributed by atoms with Crippen molar-refractivity contribution in [1.82, 2.24) is 0 Å². The molecule has 0 atom stereocenters. The Morgan fingerprint density at radius 3 is 1.81 bits per heavy atom. The van der Waals surface area contributed by atoms with Crippen LogP contribution in [0.2, 0.25) is 5.02 Å². The second kappa shape index (κ2) is 6.80. The van der Waals surface area contributed by atoms with E-state index in [-0.39, 0.29) is 5.56 Å². The van der Waals surface area contributed by atoms with Crippen LogP contribution in [0.1, 0.15) is 11.9 Å². The smallest absolute Gasteiger partial charge is 0.339 e. The van der Waals surface area contributed by atoms with Crippen LogP contribution in [-0.4, -0.2) is 25.6 Å². The molecule has 0 aliphatic rings. The number of hydrogen-bond acceptors (Lipinski definition) is 2. The second-order valence-electron chi connectivity index (χ2n) is 3.85. The quantitative estimate of drug-likeness (QED) is 0.574. The zero-order valence-corrected chi connectivity index (χ0v) is 10.8. The van der Waals surface area contributed by atoms with Crippen molar-refractivity contribution in [1.29, 1.82) is 0 Å². The molecule has 10 heteroatoms. The monoisotopic (exact) mass is 340 g/mol. The molecular formula is C11H8ClF7O2. The van der Waals surface area contributed by atoms with Crippen molar-refractivity contribution in [2.75, 3.05) is 13.2 Å². The summed E-state index contributed by atoms with van der Waals surface area (Å²) in [5.41, 5.74) is -0.341. The van der Waals surface area contributed by atoms with E-state index in [4.69, 9.17) is 11.6 Å². The molecular weight excluding hydrogens is 333 g/mol. The Bertz CT molecular complexity index is 455. The van der Waals surface area contributed by atoms with Gasteiger partial charge in [-0.25, -0.2) is 4.39 Å². The first kappa shape index (κ1) is 18.0. The maximum atomic E-state index is 12.8. The number of benzene rings is 1. The van der Waals surface area contributed by atoms with Crippen LogP contribution in [0.4, 0.5) is 30.7 Å². The molecule has 0 amide bonds. The molecule has 0 bridgehead atoms. The van der Waals surface area contributed by atoms with E-state index in [0.717, 1.165) is 18.2 Å². The lowest BCUT2D eigenvalue weighted by Gasteiger charge is -2.21. The summed E-state index contributed by atoms with van der Waals surface area (Å²) in [5.74, 6) is -0.811. The molecule has 0 saturated carbocycles. The molecule has 120 valence electrons. The van der Waals surface area contributed by atoms with Gasteiger partial charge in [0.25, 0.3) is 0 Å². The third kappa shape index (κ3) is 6.96. The molecule has 1 aromatic rings. The van der Waals surface area contributed by atoms with E-state index in [0.29, 0.717) is 0 Å². The Balaban J connectivity index is 2.89. The van der Waals surface area contributed by atoms with Gasteiger partial charge < -0.3 is 9.47 Å². The van der Waals surface area contributed by atoms with Crippen LogP contribution < -0.4 is 0 Å². The lowest BCUT2D eigenvalue weighted by molar-refractivity contribution is -0.262. The van der Waals surface area contributed by atoms with Crippen LogP contribution in [-0.2, 0) is 9.47 Å². The van der Waals surface area contributed by atoms with Crippen LogP contribution in [0.5, 0.6) is 0 Å². The highest BCUT2D eigenvalue weighted by atomic mass is 35.5. The summed E-state index contributed by atoms with van der Waals surface area (Å²) < 4.78 is 93.8. The molecule has 0 aliphatic carbocycles. The first-order valence-electron chi connectivity index (χ1n) is 5.29. The van der Waals surface area contributed by atoms with E-state index in [2.05, 4.69) is 9.47 Å². The van der Waals surface area contributed by atoms with Gasteiger partial charge in [0, 0.05) is 5.56 Å². The third-order valence-corrected chi connectivity index (χ3v) is 2.34. The van der Waals surface area contributed by atoms with Crippen molar-refractivity contribution in [3.8, 4) is 0 Å². The summed E-state index contributed by atoms with van der Waals surface area (Å²) in [6.07, 6.45) is -11.6. The van der Waals surface area contributed by atoms with Crippen molar-refractivity contribution >= 4 is 11.6 Å². The normalized spacial score (nSPS) is 13.0. The Morgan fingerprint density at radius 1 is 0.952 bits per heavy atom. The van der Waals surface area contributed by atoms with Crippen molar-refractivity contribution in [2.45, 2.75) is 18.6 Å². The van der Waals surface area contributed by atoms with Crippen molar-refractivity contribution in [2.24, 2.45) is 0 Å². The highest BCUT2D eigenvalue weighted by Crippen LogP contribution is 2.31. The number of ether oxygens (including phenoxy) is 2. The van der Waals surface area contributed by atoms with E-state index in [1.54, 1.807) is 0 Å². The number of hydrogen-bond donors (Lipinski definition) is 0. The lowest BCUT2D eigenvalue weighted by Crippen LogP contribution is -2.25. The molecule has 0 radical (unpaired) electrons. The van der Waals surface area contributed by atoms with E-state index in [9.17, 15) is 30.7 Å². The highest BCUT2D eigenvalue weighted by molar-refractivity contribution is 6.31. The summed E-state index contributed by atoms with van der Waals surface area (Å²) in [6, 6.07) is 2.41. The topological polar surface area (TPSA) is 18.5 Å². The molecule has 0 heterocycles. The molecule has 1 aromatic carbocycles. The maximum absolute atomic E-state index is 12.8. The van der Waals surface area contributed by atoms with Crippen LogP contribution in [0.25, 0.3) is 0 Å². The molecule has 0 N–H and O–H groups in total. The molecule has 2 nitrogen and oxygen atoms in total. The van der Waals surface area contributed by atoms with Crippen LogP contribution >= 0.6 is 11.6 Å². The van der Waals surface area contributed by atoms with Gasteiger partial charge in [-0.1, -0.05) is 11.6 Å². The molecule has 21 heavy (non-hydrogen) atoms. The number of halogens is 8. The van der Waals surface area contributed by atoms with Gasteiger partial charge in [0.15, 0.2) is 6.29 Å². The van der Waals surface area contributed by atoms with E-state index in [1.165, 1.54) is 0 Å². The van der Waals surface area contributed by atoms with Crippen molar-refractivity contribution < 1.29 is 40.2 Å². The second-order valence-corrected chi connectivity index (χ2v) is 4.26. The molecule has 0 aliphatic heterocycles. The van der Waals surface area contributed by atoms with E-state index < -0.39 is 42.7 Å². The summed E-state index contributed by atoms with van der Waals surface area (Å²) in [6.45, 7) is -3.69. The SMILES string of the molecule is Fc1ccc(C(OCC(F)(F)F)OCC(F)(F)F)c(Cl)c1. The minimum absolute atomic E-state index is 0.341. The van der Waals surface area contributed by atoms with Gasteiger partial charge >= 0.3 is 12.4 Å². The van der Waals surface area contributed by atoms with Crippen LogP contribution in [0.3, 0.4) is 0 Å². The third-order valence-electron chi connectivity index (χ3n) is 2.01. The Morgan fingerprint density at radius 2 is 1.43 bits per heavy atom. The first-order valence-corrected chi connectivity index (χ1v) is 5.67. The van der Waals surface area contributed by atoms with Gasteiger partial charge in [0.05, 0.1) is 5.02 Å². The standard InChI is InChI=1S/C11H8ClF7O2/c12-8-3-6(13)1-2-7(8)9(20-4-10(14,15)16)21-5-11(17,18)19/h1-3,9H,4-5H2. The summed E-state index contributed by atoms with van der Waals surface area (Å²) in [4.78, 5) is 0. The van der Waals surface area contributed by atoms with E-state index in [1.807, 2.05) is 0 Å². The molecule has 0 spiro atoms. The zero-order chi connectivity index (χ0) is 16.3. The Hall–Kier alpha value is -1.06. The molecule has 0 fully saturated rings. The fourth-order valence-corrected chi connectivity index (χ4v) is 1.52. The Kier molecular flexibility index (Phi) is 5.83. The van der Waals surface area contributed by atoms with Gasteiger partial charge in [-0.2, -0.15) is 26.3 Å². The van der Waals surface area contributed by atoms with Gasteiger partial charge in [-0.15, -0.1) is 0 Å². The Labute approximate surface area is 119 Å². The summed E-state index contributed by atoms with van der Waals surface area (Å²) >= 11 is 5.56. The summed E-state index contributed by atoms with van der Waals surface area (Å²) in [7, 11) is 0. The largest absolute Gasteiger partial charge is 0.411 e. The fourth-order valence-electron chi connectivity index (χ4n) is 1.26. The van der Waals surface area contributed by atoms with Crippen LogP contribution in [0.15, 0.2) is 18.2 Å². The predicted octanol–water partition coefficient (Wildman–Crippen LogP) is 4.64. The minimum Gasteiger partial charge on any atom is -0.339 e. The highest BCUT2D eigenvalue weighted by Gasteiger charge is 2.34. The zero-order valence-electron chi connectivity index (χ0n) is 10.1. The molecule has 0 saturated heterocycles. The minimum atomic E-state index is -4.77. The van der Waals surface area contributed by atoms with E-state index >= 15 is 0 Å². The van der Waals surface area contributed by atoms with Crippen molar-refractivity contribution in [3.63, 3.8) is 0 Å². The van der Waals surface area contributed by atoms with Crippen molar-refractivity contribution in [3.05, 3.63) is 34.6 Å². The van der Waals surface area contributed by atoms with Crippen LogP contribution in [0, 0.1) is 5.82 Å². The lowest BCUT2D eigenvalue weighted by atomic mass is 10.2. The fraction of sp³-hybridized carbons (Fsp3) is 0.455. The van der Waals surface area contributed by atoms with Gasteiger partial charge in [-0.05, 0) is 18.2 Å². The average molecular weight is 341 g/mol. The average Bonchev–Trinajstić information content (AvgIpc) is 2.28. The maximum Gasteiger partial charge on any atom is 0.411 e. The molecule has 0 unspecified atom stereocenters. The molecule has 1 rings (SSSR count). The van der Waals surface area contributed by atoms with Gasteiger partial charge in [-0.3, -0.25) is 0 Å². The predicted molar refractivity (Wildman–Crippen MR) is 58.2 cm³/mol. The molecule has 0 aromatic heterocycles.